The van der Waals surface area contributed by atoms with Crippen molar-refractivity contribution in [2.24, 2.45) is 5.92 Å². The van der Waals surface area contributed by atoms with Crippen molar-refractivity contribution in [1.29, 1.82) is 0 Å². The van der Waals surface area contributed by atoms with Crippen LogP contribution in [-0.2, 0) is 0 Å². The van der Waals surface area contributed by atoms with Gasteiger partial charge in [-0.15, -0.1) is 0 Å². The molecule has 0 saturated carbocycles. The van der Waals surface area contributed by atoms with Crippen molar-refractivity contribution in [2.45, 2.75) is 37.8 Å². The predicted molar refractivity (Wildman–Crippen MR) is 105 cm³/mol. The Hall–Kier alpha value is -2.11. The Morgan fingerprint density at radius 3 is 2.56 bits per heavy atom. The second-order valence-electron chi connectivity index (χ2n) is 7.51. The van der Waals surface area contributed by atoms with Gasteiger partial charge >= 0.3 is 6.09 Å². The third kappa shape index (κ3) is 3.80. The van der Waals surface area contributed by atoms with E-state index < -0.39 is 11.9 Å². The number of hydrogen-bond acceptors (Lipinski definition) is 2. The quantitative estimate of drug-likeness (QED) is 0.760. The summed E-state index contributed by atoms with van der Waals surface area (Å²) in [6, 6.07) is 12.4. The second-order valence-corrected chi connectivity index (χ2v) is 7.95. The molecule has 27 heavy (non-hydrogen) atoms. The Bertz CT molecular complexity index is 848. The number of piperidine rings is 1. The molecule has 2 saturated heterocycles. The molecule has 4 rings (SSSR count). The summed E-state index contributed by atoms with van der Waals surface area (Å²) in [5.74, 6) is -0.179. The van der Waals surface area contributed by atoms with Crippen molar-refractivity contribution in [3.8, 4) is 11.1 Å². The number of halogens is 2. The van der Waals surface area contributed by atoms with Crippen LogP contribution in [0.4, 0.5) is 14.9 Å². The fourth-order valence-electron chi connectivity index (χ4n) is 4.53. The van der Waals surface area contributed by atoms with Crippen molar-refractivity contribution in [3.63, 3.8) is 0 Å². The van der Waals surface area contributed by atoms with Gasteiger partial charge in [-0.1, -0.05) is 29.8 Å². The highest BCUT2D eigenvalue weighted by atomic mass is 35.5. The highest BCUT2D eigenvalue weighted by molar-refractivity contribution is 6.30. The highest BCUT2D eigenvalue weighted by Crippen LogP contribution is 2.37. The van der Waals surface area contributed by atoms with E-state index in [1.165, 1.54) is 11.0 Å². The van der Waals surface area contributed by atoms with Gasteiger partial charge in [-0.25, -0.2) is 9.18 Å². The van der Waals surface area contributed by atoms with Crippen LogP contribution in [0.1, 0.15) is 25.7 Å². The Balaban J connectivity index is 1.69. The van der Waals surface area contributed by atoms with Gasteiger partial charge in [0, 0.05) is 29.2 Å². The van der Waals surface area contributed by atoms with Gasteiger partial charge in [0.1, 0.15) is 5.82 Å². The molecule has 0 unspecified atom stereocenters. The number of benzene rings is 2. The average molecular weight is 389 g/mol. The summed E-state index contributed by atoms with van der Waals surface area (Å²) in [5.41, 5.74) is 1.22. The molecule has 3 atom stereocenters. The van der Waals surface area contributed by atoms with Crippen LogP contribution in [0.3, 0.4) is 0 Å². The van der Waals surface area contributed by atoms with Crippen molar-refractivity contribution >= 4 is 23.4 Å². The lowest BCUT2D eigenvalue weighted by Gasteiger charge is -2.33. The lowest BCUT2D eigenvalue weighted by molar-refractivity contribution is 0.198. The summed E-state index contributed by atoms with van der Waals surface area (Å²) < 4.78 is 14.7. The van der Waals surface area contributed by atoms with Gasteiger partial charge in [0.05, 0.1) is 5.69 Å². The number of carbonyl (C=O) groups is 1. The maximum atomic E-state index is 14.7. The minimum Gasteiger partial charge on any atom is -0.465 e. The number of nitrogens with zero attached hydrogens (tertiary/aromatic N) is 1. The normalized spacial score (nSPS) is 24.0. The molecule has 0 spiro atoms. The van der Waals surface area contributed by atoms with Crippen LogP contribution in [0, 0.1) is 11.7 Å². The summed E-state index contributed by atoms with van der Waals surface area (Å²) in [6.07, 6.45) is 3.17. The zero-order valence-corrected chi connectivity index (χ0v) is 15.6. The van der Waals surface area contributed by atoms with Crippen LogP contribution in [0.25, 0.3) is 11.1 Å². The van der Waals surface area contributed by atoms with Crippen LogP contribution in [0.15, 0.2) is 42.5 Å². The number of fused-ring (bicyclic) bond motifs is 2. The maximum absolute atomic E-state index is 14.7. The zero-order chi connectivity index (χ0) is 19.0. The molecule has 2 heterocycles. The maximum Gasteiger partial charge on any atom is 0.411 e. The topological polar surface area (TPSA) is 52.6 Å². The molecule has 2 aromatic carbocycles. The molecule has 4 nitrogen and oxygen atoms in total. The first-order chi connectivity index (χ1) is 13.0. The summed E-state index contributed by atoms with van der Waals surface area (Å²) in [7, 11) is 0. The fourth-order valence-corrected chi connectivity index (χ4v) is 4.72. The van der Waals surface area contributed by atoms with E-state index in [-0.39, 0.29) is 11.5 Å². The van der Waals surface area contributed by atoms with Gasteiger partial charge in [-0.05, 0) is 61.4 Å². The fraction of sp³-hybridized carbons (Fsp3) is 0.381. The van der Waals surface area contributed by atoms with E-state index in [4.69, 9.17) is 11.6 Å². The number of anilines is 1. The van der Waals surface area contributed by atoms with Gasteiger partial charge in [0.15, 0.2) is 0 Å². The van der Waals surface area contributed by atoms with Crippen molar-refractivity contribution < 1.29 is 14.3 Å². The lowest BCUT2D eigenvalue weighted by atomic mass is 9.91. The molecule has 6 heteroatoms. The number of nitrogens with one attached hydrogen (secondary N) is 1. The Labute approximate surface area is 162 Å². The molecule has 0 aliphatic carbocycles. The van der Waals surface area contributed by atoms with Crippen LogP contribution in [0.2, 0.25) is 5.02 Å². The Morgan fingerprint density at radius 2 is 1.89 bits per heavy atom. The van der Waals surface area contributed by atoms with E-state index in [2.05, 4.69) is 5.32 Å². The molecule has 0 radical (unpaired) electrons. The van der Waals surface area contributed by atoms with Crippen LogP contribution < -0.4 is 10.2 Å². The summed E-state index contributed by atoms with van der Waals surface area (Å²) in [6.45, 7) is 0.376. The number of amides is 1. The molecule has 2 aromatic rings. The molecule has 2 aliphatic heterocycles. The van der Waals surface area contributed by atoms with E-state index >= 15 is 0 Å². The molecule has 1 amide bonds. The van der Waals surface area contributed by atoms with Crippen molar-refractivity contribution in [3.05, 3.63) is 53.3 Å². The first kappa shape index (κ1) is 18.3. The minimum atomic E-state index is -1.06. The van der Waals surface area contributed by atoms with E-state index in [9.17, 15) is 14.3 Å². The van der Waals surface area contributed by atoms with E-state index in [1.54, 1.807) is 36.4 Å². The first-order valence-corrected chi connectivity index (χ1v) is 9.70. The van der Waals surface area contributed by atoms with Gasteiger partial charge in [-0.2, -0.15) is 0 Å². The molecule has 0 aromatic heterocycles. The number of carboxylic acid groups (broad SMARTS) is 1. The van der Waals surface area contributed by atoms with Gasteiger partial charge < -0.3 is 10.4 Å². The molecule has 142 valence electrons. The molecule has 2 bridgehead atoms. The highest BCUT2D eigenvalue weighted by Gasteiger charge is 2.35. The smallest absolute Gasteiger partial charge is 0.411 e. The van der Waals surface area contributed by atoms with E-state index in [1.807, 2.05) is 0 Å². The first-order valence-electron chi connectivity index (χ1n) is 9.32. The molecule has 2 aliphatic rings. The largest absolute Gasteiger partial charge is 0.465 e. The second kappa shape index (κ2) is 7.49. The van der Waals surface area contributed by atoms with Crippen LogP contribution in [0.5, 0.6) is 0 Å². The van der Waals surface area contributed by atoms with Gasteiger partial charge in [-0.3, -0.25) is 4.90 Å². The van der Waals surface area contributed by atoms with E-state index in [0.717, 1.165) is 25.7 Å². The summed E-state index contributed by atoms with van der Waals surface area (Å²) in [5, 5.41) is 13.9. The minimum absolute atomic E-state index is 0.273. The predicted octanol–water partition coefficient (Wildman–Crippen LogP) is 5.16. The Morgan fingerprint density at radius 1 is 1.19 bits per heavy atom. The van der Waals surface area contributed by atoms with Crippen molar-refractivity contribution in [2.75, 3.05) is 11.4 Å². The average Bonchev–Trinajstić information content (AvgIpc) is 2.97. The lowest BCUT2D eigenvalue weighted by Crippen LogP contribution is -2.43. The SMILES string of the molecule is O=C(O)N(C[C@H]1C[C@H]2CC[C@@H](C1)N2)c1cccc(F)c1-c1cccc(Cl)c1. The summed E-state index contributed by atoms with van der Waals surface area (Å²) in [4.78, 5) is 13.4. The number of hydrogen-bond donors (Lipinski definition) is 2. The number of rotatable bonds is 4. The van der Waals surface area contributed by atoms with Gasteiger partial charge in [0.25, 0.3) is 0 Å². The Kier molecular flexibility index (Phi) is 5.06. The third-order valence-corrected chi connectivity index (χ3v) is 5.87. The molecular formula is C21H22ClFN2O2. The van der Waals surface area contributed by atoms with Crippen LogP contribution >= 0.6 is 11.6 Å². The standard InChI is InChI=1S/C21H22ClFN2O2/c22-15-4-1-3-14(11-15)20-18(23)5-2-6-19(20)25(21(26)27)12-13-9-16-7-8-17(10-13)24-16/h1-6,11,13,16-17,24H,7-10,12H2,(H,26,27)/t13-,16+,17-. The zero-order valence-electron chi connectivity index (χ0n) is 14.9. The molecule has 2 fully saturated rings. The van der Waals surface area contributed by atoms with Crippen LogP contribution in [-0.4, -0.2) is 29.8 Å². The molecule has 2 N–H and O–H groups in total. The van der Waals surface area contributed by atoms with Crippen molar-refractivity contribution in [1.82, 2.24) is 5.32 Å². The monoisotopic (exact) mass is 388 g/mol. The van der Waals surface area contributed by atoms with E-state index in [0.29, 0.717) is 34.9 Å². The summed E-state index contributed by atoms with van der Waals surface area (Å²) >= 11 is 6.08. The van der Waals surface area contributed by atoms with Gasteiger partial charge in [0.2, 0.25) is 0 Å². The third-order valence-electron chi connectivity index (χ3n) is 5.64. The molecular weight excluding hydrogens is 367 g/mol.